The van der Waals surface area contributed by atoms with Gasteiger partial charge >= 0.3 is 23.9 Å². The summed E-state index contributed by atoms with van der Waals surface area (Å²) in [7, 11) is 0. The maximum Gasteiger partial charge on any atom is 0.323 e. The summed E-state index contributed by atoms with van der Waals surface area (Å²) in [5, 5.41) is 0. The first-order valence-corrected chi connectivity index (χ1v) is 13.3. The van der Waals surface area contributed by atoms with Gasteiger partial charge in [-0.3, -0.25) is 19.2 Å². The van der Waals surface area contributed by atoms with Gasteiger partial charge < -0.3 is 24.7 Å². The summed E-state index contributed by atoms with van der Waals surface area (Å²) in [4.78, 5) is 49.3. The number of carbonyl (C=O) groups is 4. The average Bonchev–Trinajstić information content (AvgIpc) is 2.82. The molecular weight excluding hydrogens is 490 g/mol. The summed E-state index contributed by atoms with van der Waals surface area (Å²) >= 11 is 0. The Labute approximate surface area is 226 Å². The molecule has 1 rings (SSSR count). The van der Waals surface area contributed by atoms with Crippen LogP contribution in [0.4, 0.5) is 0 Å². The molecule has 0 spiro atoms. The van der Waals surface area contributed by atoms with Crippen molar-refractivity contribution in [2.75, 3.05) is 6.61 Å². The zero-order valence-electron chi connectivity index (χ0n) is 24.1. The molecule has 4 atom stereocenters. The summed E-state index contributed by atoms with van der Waals surface area (Å²) in [6, 6.07) is 3.71. The number of hydrogen-bond acceptors (Lipinski definition) is 9. The largest absolute Gasteiger partial charge is 0.461 e. The molecule has 214 valence electrons. The monoisotopic (exact) mass is 535 g/mol. The van der Waals surface area contributed by atoms with E-state index in [4.69, 9.17) is 24.7 Å². The van der Waals surface area contributed by atoms with Crippen molar-refractivity contribution >= 4 is 23.9 Å². The molecule has 38 heavy (non-hydrogen) atoms. The Bertz CT molecular complexity index is 952. The van der Waals surface area contributed by atoms with Crippen molar-refractivity contribution in [2.45, 2.75) is 99.6 Å². The summed E-state index contributed by atoms with van der Waals surface area (Å²) < 4.78 is 21.6. The van der Waals surface area contributed by atoms with Gasteiger partial charge in [0.1, 0.15) is 18.8 Å². The highest BCUT2D eigenvalue weighted by molar-refractivity contribution is 5.78. The van der Waals surface area contributed by atoms with Crippen LogP contribution in [0.2, 0.25) is 0 Å². The zero-order chi connectivity index (χ0) is 29.0. The number of ether oxygens (including phenoxy) is 4. The summed E-state index contributed by atoms with van der Waals surface area (Å²) in [5.41, 5.74) is 5.98. The van der Waals surface area contributed by atoms with Crippen LogP contribution >= 0.6 is 0 Å². The highest BCUT2D eigenvalue weighted by Gasteiger charge is 2.26. The second-order valence-corrected chi connectivity index (χ2v) is 11.1. The Balaban J connectivity index is 2.91. The predicted molar refractivity (Wildman–Crippen MR) is 144 cm³/mol. The standard InChI is InChI=1S/C29H45NO8/c1-9-18(3)13-25(31)37-23-12-11-21(16-24(23)38-26(32)14-19(4)10-2)15-22(30)27(33)35-17-20(5)36-28(34)29(6,7)8/h11-12,16,18-20,22H,9-10,13-15,17,30H2,1-8H3/t18?,19?,20-,22-/m0/s1. The lowest BCUT2D eigenvalue weighted by Gasteiger charge is -2.21. The van der Waals surface area contributed by atoms with E-state index in [1.54, 1.807) is 39.8 Å². The first-order chi connectivity index (χ1) is 17.7. The fourth-order valence-electron chi connectivity index (χ4n) is 3.07. The highest BCUT2D eigenvalue weighted by Crippen LogP contribution is 2.30. The topological polar surface area (TPSA) is 131 Å². The number of carbonyl (C=O) groups excluding carboxylic acids is 4. The van der Waals surface area contributed by atoms with E-state index < -0.39 is 41.4 Å². The summed E-state index contributed by atoms with van der Waals surface area (Å²) in [6.07, 6.45) is 1.56. The molecular formula is C29H45NO8. The average molecular weight is 536 g/mol. The minimum atomic E-state index is -1.01. The molecule has 0 saturated carbocycles. The lowest BCUT2D eigenvalue weighted by Crippen LogP contribution is -2.37. The normalized spacial score (nSPS) is 14.6. The molecule has 2 N–H and O–H groups in total. The van der Waals surface area contributed by atoms with Crippen LogP contribution in [0, 0.1) is 17.3 Å². The van der Waals surface area contributed by atoms with E-state index in [1.165, 1.54) is 6.07 Å². The highest BCUT2D eigenvalue weighted by atomic mass is 16.6. The van der Waals surface area contributed by atoms with Crippen LogP contribution in [0.1, 0.15) is 86.6 Å². The fourth-order valence-corrected chi connectivity index (χ4v) is 3.07. The molecule has 0 heterocycles. The molecule has 0 bridgehead atoms. The van der Waals surface area contributed by atoms with Gasteiger partial charge in [0.2, 0.25) is 0 Å². The van der Waals surface area contributed by atoms with E-state index in [0.717, 1.165) is 12.8 Å². The SMILES string of the molecule is CCC(C)CC(=O)Oc1ccc(C[C@H](N)C(=O)OC[C@H](C)OC(=O)C(C)(C)C)cc1OC(=O)CC(C)CC. The van der Waals surface area contributed by atoms with Gasteiger partial charge in [0, 0.05) is 12.8 Å². The molecule has 0 aliphatic rings. The van der Waals surface area contributed by atoms with Crippen LogP contribution in [0.5, 0.6) is 11.5 Å². The Morgan fingerprint density at radius 3 is 1.89 bits per heavy atom. The number of hydrogen-bond donors (Lipinski definition) is 1. The van der Waals surface area contributed by atoms with Crippen LogP contribution in [-0.2, 0) is 35.1 Å². The van der Waals surface area contributed by atoms with Crippen LogP contribution in [0.15, 0.2) is 18.2 Å². The van der Waals surface area contributed by atoms with Crippen LogP contribution in [0.25, 0.3) is 0 Å². The van der Waals surface area contributed by atoms with Crippen molar-refractivity contribution in [3.8, 4) is 11.5 Å². The minimum absolute atomic E-state index is 0.0893. The quantitative estimate of drug-likeness (QED) is 0.264. The molecule has 2 unspecified atom stereocenters. The third kappa shape index (κ3) is 12.1. The van der Waals surface area contributed by atoms with Gasteiger partial charge in [-0.2, -0.15) is 0 Å². The second-order valence-electron chi connectivity index (χ2n) is 11.1. The Morgan fingerprint density at radius 2 is 1.39 bits per heavy atom. The van der Waals surface area contributed by atoms with Crippen LogP contribution < -0.4 is 15.2 Å². The molecule has 0 radical (unpaired) electrons. The zero-order valence-corrected chi connectivity index (χ0v) is 24.1. The molecule has 0 aromatic heterocycles. The molecule has 0 fully saturated rings. The summed E-state index contributed by atoms with van der Waals surface area (Å²) in [5.74, 6) is -1.42. The molecule has 0 aliphatic heterocycles. The van der Waals surface area contributed by atoms with Gasteiger partial charge in [-0.15, -0.1) is 0 Å². The van der Waals surface area contributed by atoms with Gasteiger partial charge in [0.25, 0.3) is 0 Å². The van der Waals surface area contributed by atoms with Gasteiger partial charge in [-0.1, -0.05) is 46.6 Å². The van der Waals surface area contributed by atoms with E-state index in [0.29, 0.717) is 5.56 Å². The molecule has 1 aromatic carbocycles. The maximum atomic E-state index is 12.5. The summed E-state index contributed by atoms with van der Waals surface area (Å²) in [6.45, 7) is 14.6. The third-order valence-corrected chi connectivity index (χ3v) is 6.02. The molecule has 1 aromatic rings. The fraction of sp³-hybridized carbons (Fsp3) is 0.655. The Kier molecular flexibility index (Phi) is 13.5. The Morgan fingerprint density at radius 1 is 0.868 bits per heavy atom. The lowest BCUT2D eigenvalue weighted by atomic mass is 9.97. The van der Waals surface area contributed by atoms with E-state index in [9.17, 15) is 19.2 Å². The first-order valence-electron chi connectivity index (χ1n) is 13.3. The van der Waals surface area contributed by atoms with Gasteiger partial charge in [0.15, 0.2) is 11.5 Å². The van der Waals surface area contributed by atoms with Crippen molar-refractivity contribution in [1.29, 1.82) is 0 Å². The van der Waals surface area contributed by atoms with Crippen molar-refractivity contribution in [3.63, 3.8) is 0 Å². The molecule has 0 aliphatic carbocycles. The number of nitrogens with two attached hydrogens (primary N) is 1. The smallest absolute Gasteiger partial charge is 0.323 e. The van der Waals surface area contributed by atoms with Crippen molar-refractivity contribution in [1.82, 2.24) is 0 Å². The van der Waals surface area contributed by atoms with Crippen molar-refractivity contribution < 1.29 is 38.1 Å². The van der Waals surface area contributed by atoms with Gasteiger partial charge in [-0.25, -0.2) is 0 Å². The molecule has 9 heteroatoms. The van der Waals surface area contributed by atoms with Crippen LogP contribution in [-0.4, -0.2) is 42.6 Å². The van der Waals surface area contributed by atoms with Gasteiger partial charge in [-0.05, 0) is 63.6 Å². The second kappa shape index (κ2) is 15.5. The molecule has 9 nitrogen and oxygen atoms in total. The van der Waals surface area contributed by atoms with Crippen molar-refractivity contribution in [2.24, 2.45) is 23.0 Å². The number of benzene rings is 1. The third-order valence-electron chi connectivity index (χ3n) is 6.02. The molecule has 0 amide bonds. The minimum Gasteiger partial charge on any atom is -0.461 e. The first kappa shape index (κ1) is 33.1. The van der Waals surface area contributed by atoms with E-state index >= 15 is 0 Å². The molecule has 0 saturated heterocycles. The predicted octanol–water partition coefficient (Wildman–Crippen LogP) is 4.76. The van der Waals surface area contributed by atoms with E-state index in [2.05, 4.69) is 0 Å². The maximum absolute atomic E-state index is 12.5. The number of esters is 4. The Hall–Kier alpha value is -2.94. The van der Waals surface area contributed by atoms with Crippen molar-refractivity contribution in [3.05, 3.63) is 23.8 Å². The van der Waals surface area contributed by atoms with Crippen LogP contribution in [0.3, 0.4) is 0 Å². The van der Waals surface area contributed by atoms with E-state index in [1.807, 2.05) is 27.7 Å². The number of rotatable bonds is 14. The van der Waals surface area contributed by atoms with Gasteiger partial charge in [0.05, 0.1) is 5.41 Å². The lowest BCUT2D eigenvalue weighted by molar-refractivity contribution is -0.165. The van der Waals surface area contributed by atoms with E-state index in [-0.39, 0.29) is 49.2 Å².